The number of hydrogen-bond donors (Lipinski definition) is 1. The third-order valence-corrected chi connectivity index (χ3v) is 2.89. The van der Waals surface area contributed by atoms with Crippen LogP contribution in [0, 0.1) is 11.3 Å². The van der Waals surface area contributed by atoms with E-state index in [4.69, 9.17) is 14.7 Å². The van der Waals surface area contributed by atoms with Gasteiger partial charge in [0.05, 0.1) is 12.7 Å². The maximum absolute atomic E-state index is 9.07. The van der Waals surface area contributed by atoms with Crippen molar-refractivity contribution in [3.63, 3.8) is 0 Å². The number of rotatable bonds is 3. The van der Waals surface area contributed by atoms with Gasteiger partial charge in [-0.15, -0.1) is 0 Å². The molecular weight excluding hydrogens is 216 g/mol. The molecule has 0 bridgehead atoms. The third kappa shape index (κ3) is 2.69. The summed E-state index contributed by atoms with van der Waals surface area (Å²) in [5.74, 6) is 1.20. The molecule has 1 aliphatic heterocycles. The molecule has 4 nitrogen and oxygen atoms in total. The van der Waals surface area contributed by atoms with Crippen molar-refractivity contribution in [3.8, 4) is 17.6 Å². The molecule has 90 valence electrons. The van der Waals surface area contributed by atoms with Gasteiger partial charge in [0.15, 0.2) is 11.5 Å². The molecule has 0 aromatic heterocycles. The first-order valence-corrected chi connectivity index (χ1v) is 5.79. The van der Waals surface area contributed by atoms with Crippen LogP contribution in [-0.2, 0) is 0 Å². The van der Waals surface area contributed by atoms with E-state index in [0.29, 0.717) is 17.1 Å². The second kappa shape index (κ2) is 5.55. The monoisotopic (exact) mass is 232 g/mol. The molecule has 1 N–H and O–H groups in total. The summed E-state index contributed by atoms with van der Waals surface area (Å²) in [6.45, 7) is 1.92. The molecule has 0 amide bonds. The summed E-state index contributed by atoms with van der Waals surface area (Å²) < 4.78 is 11.1. The first-order valence-electron chi connectivity index (χ1n) is 5.79. The van der Waals surface area contributed by atoms with E-state index in [2.05, 4.69) is 11.4 Å². The number of nitrogens with zero attached hydrogens (tertiary/aromatic N) is 1. The summed E-state index contributed by atoms with van der Waals surface area (Å²) in [5.41, 5.74) is 0.530. The van der Waals surface area contributed by atoms with Crippen LogP contribution in [0.15, 0.2) is 18.2 Å². The topological polar surface area (TPSA) is 54.3 Å². The van der Waals surface area contributed by atoms with E-state index in [9.17, 15) is 0 Å². The van der Waals surface area contributed by atoms with E-state index < -0.39 is 0 Å². The standard InChI is InChI=1S/C13H16N2O2/c1-16-12-4-2-3-10(9-14)13(12)17-11-5-7-15-8-6-11/h2-4,11,15H,5-8H2,1H3. The highest BCUT2D eigenvalue weighted by molar-refractivity contribution is 5.52. The first kappa shape index (κ1) is 11.7. The van der Waals surface area contributed by atoms with Crippen molar-refractivity contribution in [1.29, 1.82) is 5.26 Å². The van der Waals surface area contributed by atoms with E-state index in [1.165, 1.54) is 0 Å². The van der Waals surface area contributed by atoms with Crippen LogP contribution < -0.4 is 14.8 Å². The van der Waals surface area contributed by atoms with Gasteiger partial charge in [0.25, 0.3) is 0 Å². The van der Waals surface area contributed by atoms with Crippen molar-refractivity contribution in [2.45, 2.75) is 18.9 Å². The molecule has 0 radical (unpaired) electrons. The number of para-hydroxylation sites is 1. The fourth-order valence-electron chi connectivity index (χ4n) is 1.97. The van der Waals surface area contributed by atoms with Crippen molar-refractivity contribution in [1.82, 2.24) is 5.32 Å². The van der Waals surface area contributed by atoms with Crippen molar-refractivity contribution in [3.05, 3.63) is 23.8 Å². The summed E-state index contributed by atoms with van der Waals surface area (Å²) in [6.07, 6.45) is 2.09. The van der Waals surface area contributed by atoms with Crippen LogP contribution in [0.25, 0.3) is 0 Å². The zero-order valence-corrected chi connectivity index (χ0v) is 9.90. The second-order valence-corrected chi connectivity index (χ2v) is 4.02. The molecule has 2 rings (SSSR count). The molecule has 0 atom stereocenters. The SMILES string of the molecule is COc1cccc(C#N)c1OC1CCNCC1. The minimum atomic E-state index is 0.166. The summed E-state index contributed by atoms with van der Waals surface area (Å²) in [6, 6.07) is 7.50. The largest absolute Gasteiger partial charge is 0.493 e. The lowest BCUT2D eigenvalue weighted by atomic mass is 10.1. The first-order chi connectivity index (χ1) is 8.35. The lowest BCUT2D eigenvalue weighted by Gasteiger charge is -2.25. The molecule has 0 aliphatic carbocycles. The Morgan fingerprint density at radius 1 is 1.35 bits per heavy atom. The van der Waals surface area contributed by atoms with E-state index in [-0.39, 0.29) is 6.10 Å². The highest BCUT2D eigenvalue weighted by Crippen LogP contribution is 2.32. The number of methoxy groups -OCH3 is 1. The Bertz CT molecular complexity index is 420. The van der Waals surface area contributed by atoms with Gasteiger partial charge in [0, 0.05) is 0 Å². The smallest absolute Gasteiger partial charge is 0.179 e. The highest BCUT2D eigenvalue weighted by atomic mass is 16.5. The average molecular weight is 232 g/mol. The molecule has 0 saturated carbocycles. The van der Waals surface area contributed by atoms with E-state index in [0.717, 1.165) is 25.9 Å². The molecule has 1 aromatic rings. The van der Waals surface area contributed by atoms with Crippen LogP contribution in [0.4, 0.5) is 0 Å². The molecule has 1 aromatic carbocycles. The molecule has 1 heterocycles. The van der Waals surface area contributed by atoms with Gasteiger partial charge in [-0.25, -0.2) is 0 Å². The quantitative estimate of drug-likeness (QED) is 0.861. The van der Waals surface area contributed by atoms with Gasteiger partial charge in [0.1, 0.15) is 12.2 Å². The minimum Gasteiger partial charge on any atom is -0.493 e. The molecule has 4 heteroatoms. The van der Waals surface area contributed by atoms with Crippen molar-refractivity contribution < 1.29 is 9.47 Å². The second-order valence-electron chi connectivity index (χ2n) is 4.02. The van der Waals surface area contributed by atoms with Gasteiger partial charge in [-0.05, 0) is 38.1 Å². The summed E-state index contributed by atoms with van der Waals surface area (Å²) in [5, 5.41) is 12.4. The maximum atomic E-state index is 9.07. The fourth-order valence-corrected chi connectivity index (χ4v) is 1.97. The number of piperidine rings is 1. The van der Waals surface area contributed by atoms with Crippen LogP contribution >= 0.6 is 0 Å². The van der Waals surface area contributed by atoms with Crippen LogP contribution in [0.3, 0.4) is 0 Å². The lowest BCUT2D eigenvalue weighted by Crippen LogP contribution is -2.34. The predicted molar refractivity (Wildman–Crippen MR) is 64.2 cm³/mol. The Labute approximate surface area is 101 Å². The van der Waals surface area contributed by atoms with Gasteiger partial charge >= 0.3 is 0 Å². The van der Waals surface area contributed by atoms with Gasteiger partial charge in [-0.1, -0.05) is 6.07 Å². The molecule has 17 heavy (non-hydrogen) atoms. The Morgan fingerprint density at radius 3 is 2.76 bits per heavy atom. The molecule has 0 spiro atoms. The highest BCUT2D eigenvalue weighted by Gasteiger charge is 2.18. The van der Waals surface area contributed by atoms with Crippen LogP contribution in [0.1, 0.15) is 18.4 Å². The van der Waals surface area contributed by atoms with Gasteiger partial charge in [-0.3, -0.25) is 0 Å². The van der Waals surface area contributed by atoms with Crippen LogP contribution in [0.2, 0.25) is 0 Å². The fraction of sp³-hybridized carbons (Fsp3) is 0.462. The molecular formula is C13H16N2O2. The minimum absolute atomic E-state index is 0.166. The van der Waals surface area contributed by atoms with E-state index in [1.54, 1.807) is 19.2 Å². The number of nitriles is 1. The molecule has 1 aliphatic rings. The Morgan fingerprint density at radius 2 is 2.12 bits per heavy atom. The third-order valence-electron chi connectivity index (χ3n) is 2.89. The van der Waals surface area contributed by atoms with Crippen molar-refractivity contribution in [2.24, 2.45) is 0 Å². The Kier molecular flexibility index (Phi) is 3.84. The van der Waals surface area contributed by atoms with Gasteiger partial charge in [0.2, 0.25) is 0 Å². The molecule has 1 fully saturated rings. The normalized spacial score (nSPS) is 16.2. The Hall–Kier alpha value is -1.73. The zero-order valence-electron chi connectivity index (χ0n) is 9.90. The summed E-state index contributed by atoms with van der Waals surface area (Å²) >= 11 is 0. The summed E-state index contributed by atoms with van der Waals surface area (Å²) in [7, 11) is 1.59. The van der Waals surface area contributed by atoms with Crippen molar-refractivity contribution in [2.75, 3.05) is 20.2 Å². The van der Waals surface area contributed by atoms with Gasteiger partial charge < -0.3 is 14.8 Å². The maximum Gasteiger partial charge on any atom is 0.179 e. The van der Waals surface area contributed by atoms with Crippen LogP contribution in [0.5, 0.6) is 11.5 Å². The number of nitrogens with one attached hydrogen (secondary N) is 1. The van der Waals surface area contributed by atoms with E-state index >= 15 is 0 Å². The number of benzene rings is 1. The number of ether oxygens (including phenoxy) is 2. The number of hydrogen-bond acceptors (Lipinski definition) is 4. The molecule has 0 unspecified atom stereocenters. The van der Waals surface area contributed by atoms with Gasteiger partial charge in [-0.2, -0.15) is 5.26 Å². The van der Waals surface area contributed by atoms with Crippen LogP contribution in [-0.4, -0.2) is 26.3 Å². The molecule has 1 saturated heterocycles. The lowest BCUT2D eigenvalue weighted by molar-refractivity contribution is 0.156. The zero-order chi connectivity index (χ0) is 12.1. The summed E-state index contributed by atoms with van der Waals surface area (Å²) in [4.78, 5) is 0. The van der Waals surface area contributed by atoms with Crippen molar-refractivity contribution >= 4 is 0 Å². The predicted octanol–water partition coefficient (Wildman–Crippen LogP) is 1.70. The van der Waals surface area contributed by atoms with E-state index in [1.807, 2.05) is 6.07 Å². The Balaban J connectivity index is 2.20. The average Bonchev–Trinajstić information content (AvgIpc) is 2.40.